The van der Waals surface area contributed by atoms with Crippen LogP contribution in [-0.4, -0.2) is 46.1 Å². The Labute approximate surface area is 107 Å². The third-order valence-electron chi connectivity index (χ3n) is 3.49. The molecule has 0 spiro atoms. The van der Waals surface area contributed by atoms with Gasteiger partial charge in [-0.25, -0.2) is 0 Å². The molecule has 0 aromatic heterocycles. The van der Waals surface area contributed by atoms with Crippen LogP contribution in [0.5, 0.6) is 0 Å². The van der Waals surface area contributed by atoms with E-state index in [1.807, 2.05) is 18.7 Å². The Balaban J connectivity index is 1.87. The van der Waals surface area contributed by atoms with E-state index >= 15 is 0 Å². The number of hydrogen-bond donors (Lipinski definition) is 0. The molecule has 0 unspecified atom stereocenters. The normalized spacial score (nSPS) is 19.8. The van der Waals surface area contributed by atoms with Gasteiger partial charge in [0.05, 0.1) is 0 Å². The molecule has 5 nitrogen and oxygen atoms in total. The van der Waals surface area contributed by atoms with Gasteiger partial charge in [-0.05, 0) is 26.7 Å². The number of amides is 3. The Bertz CT molecular complexity index is 356. The maximum atomic E-state index is 12.1. The number of hydrogen-bond acceptors (Lipinski definition) is 3. The van der Waals surface area contributed by atoms with E-state index < -0.39 is 0 Å². The molecule has 100 valence electrons. The van der Waals surface area contributed by atoms with Gasteiger partial charge < -0.3 is 4.90 Å². The van der Waals surface area contributed by atoms with Crippen LogP contribution in [0, 0.1) is 0 Å². The highest BCUT2D eigenvalue weighted by Gasteiger charge is 2.35. The van der Waals surface area contributed by atoms with Gasteiger partial charge in [-0.3, -0.25) is 19.3 Å². The van der Waals surface area contributed by atoms with Crippen molar-refractivity contribution >= 4 is 17.7 Å². The Hall–Kier alpha value is -1.39. The molecule has 2 fully saturated rings. The van der Waals surface area contributed by atoms with Crippen LogP contribution in [0.15, 0.2) is 0 Å². The van der Waals surface area contributed by atoms with E-state index in [-0.39, 0.29) is 36.7 Å². The third-order valence-corrected chi connectivity index (χ3v) is 3.49. The SMILES string of the molecule is CC(C)N(C(=O)CCN1C(=O)CCC1=O)C1CC1. The van der Waals surface area contributed by atoms with Crippen molar-refractivity contribution in [3.8, 4) is 0 Å². The second-order valence-electron chi connectivity index (χ2n) is 5.32. The van der Waals surface area contributed by atoms with Gasteiger partial charge in [0.1, 0.15) is 0 Å². The summed E-state index contributed by atoms with van der Waals surface area (Å²) in [6.07, 6.45) is 3.00. The molecule has 0 atom stereocenters. The predicted octanol–water partition coefficient (Wildman–Crippen LogP) is 0.925. The highest BCUT2D eigenvalue weighted by molar-refractivity contribution is 6.02. The highest BCUT2D eigenvalue weighted by Crippen LogP contribution is 2.29. The molecule has 1 saturated heterocycles. The van der Waals surface area contributed by atoms with Crippen molar-refractivity contribution in [2.75, 3.05) is 6.54 Å². The number of nitrogens with zero attached hydrogens (tertiary/aromatic N) is 2. The van der Waals surface area contributed by atoms with E-state index in [2.05, 4.69) is 0 Å². The van der Waals surface area contributed by atoms with Crippen molar-refractivity contribution in [3.05, 3.63) is 0 Å². The minimum atomic E-state index is -0.143. The molecule has 3 amide bonds. The number of imide groups is 1. The monoisotopic (exact) mass is 252 g/mol. The van der Waals surface area contributed by atoms with Crippen LogP contribution < -0.4 is 0 Å². The standard InChI is InChI=1S/C13H20N2O3/c1-9(2)15(10-3-4-10)13(18)7-8-14-11(16)5-6-12(14)17/h9-10H,3-8H2,1-2H3. The maximum Gasteiger partial charge on any atom is 0.229 e. The molecule has 0 bridgehead atoms. The van der Waals surface area contributed by atoms with Crippen LogP contribution in [0.4, 0.5) is 0 Å². The largest absolute Gasteiger partial charge is 0.337 e. The van der Waals surface area contributed by atoms with Crippen molar-refractivity contribution < 1.29 is 14.4 Å². The molecule has 1 aliphatic heterocycles. The van der Waals surface area contributed by atoms with Gasteiger partial charge in [-0.15, -0.1) is 0 Å². The van der Waals surface area contributed by atoms with Crippen LogP contribution >= 0.6 is 0 Å². The fourth-order valence-electron chi connectivity index (χ4n) is 2.47. The van der Waals surface area contributed by atoms with Crippen LogP contribution in [0.1, 0.15) is 46.0 Å². The summed E-state index contributed by atoms with van der Waals surface area (Å²) < 4.78 is 0. The molecular formula is C13H20N2O3. The molecule has 0 radical (unpaired) electrons. The average molecular weight is 252 g/mol. The Morgan fingerprint density at radius 1 is 1.28 bits per heavy atom. The van der Waals surface area contributed by atoms with Gasteiger partial charge in [0.15, 0.2) is 0 Å². The topological polar surface area (TPSA) is 57.7 Å². The molecule has 1 saturated carbocycles. The van der Waals surface area contributed by atoms with Gasteiger partial charge in [0.2, 0.25) is 17.7 Å². The molecule has 0 N–H and O–H groups in total. The van der Waals surface area contributed by atoms with E-state index in [4.69, 9.17) is 0 Å². The summed E-state index contributed by atoms with van der Waals surface area (Å²) in [4.78, 5) is 38.1. The van der Waals surface area contributed by atoms with Crippen molar-refractivity contribution in [2.24, 2.45) is 0 Å². The molecular weight excluding hydrogens is 232 g/mol. The fourth-order valence-corrected chi connectivity index (χ4v) is 2.47. The predicted molar refractivity (Wildman–Crippen MR) is 65.6 cm³/mol. The summed E-state index contributed by atoms with van der Waals surface area (Å²) in [6.45, 7) is 4.25. The van der Waals surface area contributed by atoms with Crippen molar-refractivity contribution in [1.82, 2.24) is 9.80 Å². The molecule has 0 aromatic rings. The van der Waals surface area contributed by atoms with E-state index in [0.29, 0.717) is 18.9 Å². The van der Waals surface area contributed by atoms with Gasteiger partial charge in [-0.2, -0.15) is 0 Å². The summed E-state index contributed by atoms with van der Waals surface area (Å²) in [5, 5.41) is 0. The summed E-state index contributed by atoms with van der Waals surface area (Å²) in [7, 11) is 0. The molecule has 2 aliphatic rings. The quantitative estimate of drug-likeness (QED) is 0.684. The van der Waals surface area contributed by atoms with Gasteiger partial charge in [-0.1, -0.05) is 0 Å². The first-order valence-electron chi connectivity index (χ1n) is 6.65. The molecule has 5 heteroatoms. The third kappa shape index (κ3) is 2.71. The minimum Gasteiger partial charge on any atom is -0.337 e. The highest BCUT2D eigenvalue weighted by atomic mass is 16.2. The Morgan fingerprint density at radius 2 is 1.83 bits per heavy atom. The average Bonchev–Trinajstić information content (AvgIpc) is 3.05. The first-order valence-corrected chi connectivity index (χ1v) is 6.65. The zero-order valence-corrected chi connectivity index (χ0v) is 11.0. The number of carbonyl (C=O) groups is 3. The molecule has 1 heterocycles. The van der Waals surface area contributed by atoms with Crippen molar-refractivity contribution in [2.45, 2.75) is 58.0 Å². The van der Waals surface area contributed by atoms with Gasteiger partial charge in [0.25, 0.3) is 0 Å². The van der Waals surface area contributed by atoms with E-state index in [1.165, 1.54) is 4.90 Å². The lowest BCUT2D eigenvalue weighted by atomic mass is 10.2. The minimum absolute atomic E-state index is 0.0556. The Kier molecular flexibility index (Phi) is 3.68. The van der Waals surface area contributed by atoms with E-state index in [1.54, 1.807) is 0 Å². The van der Waals surface area contributed by atoms with Crippen LogP contribution in [0.2, 0.25) is 0 Å². The summed E-state index contributed by atoms with van der Waals surface area (Å²) in [6, 6.07) is 0.567. The summed E-state index contributed by atoms with van der Waals surface area (Å²) >= 11 is 0. The summed E-state index contributed by atoms with van der Waals surface area (Å²) in [5.74, 6) is -0.231. The van der Waals surface area contributed by atoms with Gasteiger partial charge in [0, 0.05) is 37.9 Å². The second-order valence-corrected chi connectivity index (χ2v) is 5.32. The zero-order valence-electron chi connectivity index (χ0n) is 11.0. The lowest BCUT2D eigenvalue weighted by Crippen LogP contribution is -2.41. The number of likely N-dealkylation sites (tertiary alicyclic amines) is 1. The molecule has 0 aromatic carbocycles. The van der Waals surface area contributed by atoms with E-state index in [9.17, 15) is 14.4 Å². The zero-order chi connectivity index (χ0) is 13.3. The smallest absolute Gasteiger partial charge is 0.229 e. The summed E-state index contributed by atoms with van der Waals surface area (Å²) in [5.41, 5.74) is 0. The number of rotatable bonds is 5. The lowest BCUT2D eigenvalue weighted by Gasteiger charge is -2.27. The lowest BCUT2D eigenvalue weighted by molar-refractivity contribution is -0.139. The fraction of sp³-hybridized carbons (Fsp3) is 0.769. The Morgan fingerprint density at radius 3 is 2.28 bits per heavy atom. The van der Waals surface area contributed by atoms with E-state index in [0.717, 1.165) is 12.8 Å². The first kappa shape index (κ1) is 13.1. The van der Waals surface area contributed by atoms with Crippen LogP contribution in [0.25, 0.3) is 0 Å². The molecule has 1 aliphatic carbocycles. The van der Waals surface area contributed by atoms with Crippen molar-refractivity contribution in [1.29, 1.82) is 0 Å². The second kappa shape index (κ2) is 5.08. The van der Waals surface area contributed by atoms with Crippen molar-refractivity contribution in [3.63, 3.8) is 0 Å². The molecule has 2 rings (SSSR count). The van der Waals surface area contributed by atoms with Crippen LogP contribution in [-0.2, 0) is 14.4 Å². The number of carbonyl (C=O) groups excluding carboxylic acids is 3. The first-order chi connectivity index (χ1) is 8.50. The molecule has 18 heavy (non-hydrogen) atoms. The van der Waals surface area contributed by atoms with Gasteiger partial charge >= 0.3 is 0 Å². The maximum absolute atomic E-state index is 12.1. The van der Waals surface area contributed by atoms with Crippen LogP contribution in [0.3, 0.4) is 0 Å².